The van der Waals surface area contributed by atoms with Crippen molar-refractivity contribution in [1.29, 1.82) is 0 Å². The molecule has 1 aliphatic heterocycles. The van der Waals surface area contributed by atoms with Crippen LogP contribution >= 0.6 is 11.3 Å². The molecule has 62 heavy (non-hydrogen) atoms. The Hall–Kier alpha value is -6.87. The number of hydrogen-bond donors (Lipinski definition) is 3. The summed E-state index contributed by atoms with van der Waals surface area (Å²) in [5.41, 5.74) is 4.64. The number of carbonyl (C=O) groups excluding carboxylic acids is 3. The third kappa shape index (κ3) is 10.9. The Morgan fingerprint density at radius 2 is 1.29 bits per heavy atom. The summed E-state index contributed by atoms with van der Waals surface area (Å²) in [6.07, 6.45) is 1.88. The molecular weight excluding hydrogens is 803 g/mol. The molecule has 3 N–H and O–H groups in total. The molecule has 6 aromatic rings. The molecule has 7 rings (SSSR count). The first-order valence-corrected chi connectivity index (χ1v) is 21.4. The van der Waals surface area contributed by atoms with Gasteiger partial charge in [0.25, 0.3) is 11.8 Å². The number of carboxylic acid groups (broad SMARTS) is 1. The maximum absolute atomic E-state index is 14.6. The highest BCUT2D eigenvalue weighted by Crippen LogP contribution is 2.38. The zero-order valence-electron chi connectivity index (χ0n) is 34.4. The fraction of sp³-hybridized carbons (Fsp3) is 0.229. The number of aromatic nitrogens is 1. The number of amides is 4. The highest BCUT2D eigenvalue weighted by Gasteiger charge is 2.36. The minimum absolute atomic E-state index is 0.162. The molecule has 318 valence electrons. The van der Waals surface area contributed by atoms with E-state index in [1.807, 2.05) is 97.1 Å². The van der Waals surface area contributed by atoms with Gasteiger partial charge in [-0.3, -0.25) is 14.6 Å². The van der Waals surface area contributed by atoms with Crippen LogP contribution in [-0.2, 0) is 11.3 Å². The molecule has 4 aromatic carbocycles. The monoisotopic (exact) mass is 851 g/mol. The lowest BCUT2D eigenvalue weighted by molar-refractivity contribution is 0.0504. The average molecular weight is 852 g/mol. The molecule has 0 unspecified atom stereocenters. The average Bonchev–Trinajstić information content (AvgIpc) is 3.82. The molecule has 0 bridgehead atoms. The summed E-state index contributed by atoms with van der Waals surface area (Å²) >= 11 is 1.17. The second-order valence-electron chi connectivity index (χ2n) is 14.8. The van der Waals surface area contributed by atoms with Crippen LogP contribution in [0.5, 0.6) is 0 Å². The quantitative estimate of drug-likeness (QED) is 0.0686. The predicted molar refractivity (Wildman–Crippen MR) is 242 cm³/mol. The zero-order chi connectivity index (χ0) is 43.3. The number of rotatable bonds is 15. The van der Waals surface area contributed by atoms with E-state index in [1.165, 1.54) is 11.3 Å². The van der Waals surface area contributed by atoms with Gasteiger partial charge >= 0.3 is 12.2 Å². The van der Waals surface area contributed by atoms with Crippen LogP contribution in [-0.4, -0.2) is 96.3 Å². The van der Waals surface area contributed by atoms with Crippen molar-refractivity contribution in [2.75, 3.05) is 56.3 Å². The number of para-hydroxylation sites is 2. The summed E-state index contributed by atoms with van der Waals surface area (Å²) in [5.74, 6) is -0.383. The molecule has 13 nitrogen and oxygen atoms in total. The van der Waals surface area contributed by atoms with E-state index in [2.05, 4.69) is 20.5 Å². The molecule has 14 heteroatoms. The normalized spacial score (nSPS) is 12.9. The summed E-state index contributed by atoms with van der Waals surface area (Å²) < 4.78 is 6.20. The van der Waals surface area contributed by atoms with Crippen LogP contribution in [0.4, 0.5) is 21.0 Å². The standard InChI is InChI=1S/C48H49N7O6S/c1-52(46(57)44-21-20-43(62-44)45(56)51-29-28-50-34-35-22-26-49-27-23-35)32-33-53-30-24-38(25-31-53)61-48(60)55(42-19-11-9-17-40(42)37-14-6-3-7-15-37)54(47(58)59)41-18-10-8-16-39(41)36-12-4-2-5-13-36/h2-23,26-27,38,50H,24-25,28-34H2,1H3,(H,51,56)(H,58,59). The predicted octanol–water partition coefficient (Wildman–Crippen LogP) is 8.28. The largest absolute Gasteiger partial charge is 0.463 e. The molecular formula is C48H49N7O6S. The number of piperidine rings is 1. The van der Waals surface area contributed by atoms with Gasteiger partial charge in [0.2, 0.25) is 0 Å². The number of ether oxygens (including phenoxy) is 1. The van der Waals surface area contributed by atoms with Crippen LogP contribution < -0.4 is 20.7 Å². The van der Waals surface area contributed by atoms with E-state index >= 15 is 0 Å². The summed E-state index contributed by atoms with van der Waals surface area (Å²) in [4.78, 5) is 62.9. The van der Waals surface area contributed by atoms with Crippen molar-refractivity contribution >= 4 is 46.7 Å². The number of likely N-dealkylation sites (tertiary alicyclic amines) is 1. The van der Waals surface area contributed by atoms with Gasteiger partial charge < -0.3 is 30.3 Å². The van der Waals surface area contributed by atoms with Gasteiger partial charge in [0, 0.05) is 76.4 Å². The number of anilines is 2. The number of thiophene rings is 1. The van der Waals surface area contributed by atoms with Gasteiger partial charge in [-0.05, 0) is 65.9 Å². The third-order valence-corrected chi connectivity index (χ3v) is 11.7. The first-order chi connectivity index (χ1) is 30.3. The lowest BCUT2D eigenvalue weighted by Gasteiger charge is -2.37. The zero-order valence-corrected chi connectivity index (χ0v) is 35.2. The van der Waals surface area contributed by atoms with Crippen molar-refractivity contribution in [3.05, 3.63) is 161 Å². The van der Waals surface area contributed by atoms with Gasteiger partial charge in [-0.2, -0.15) is 10.0 Å². The Balaban J connectivity index is 0.968. The lowest BCUT2D eigenvalue weighted by atomic mass is 10.0. The van der Waals surface area contributed by atoms with Crippen molar-refractivity contribution in [2.24, 2.45) is 0 Å². The Morgan fingerprint density at radius 3 is 1.90 bits per heavy atom. The summed E-state index contributed by atoms with van der Waals surface area (Å²) in [6, 6.07) is 40.5. The highest BCUT2D eigenvalue weighted by atomic mass is 32.1. The number of carbonyl (C=O) groups is 4. The highest BCUT2D eigenvalue weighted by molar-refractivity contribution is 7.15. The van der Waals surface area contributed by atoms with Gasteiger partial charge in [-0.1, -0.05) is 97.1 Å². The van der Waals surface area contributed by atoms with Crippen LogP contribution in [0.1, 0.15) is 37.7 Å². The van der Waals surface area contributed by atoms with E-state index in [-0.39, 0.29) is 11.8 Å². The minimum atomic E-state index is -1.36. The Bertz CT molecular complexity index is 2430. The van der Waals surface area contributed by atoms with Gasteiger partial charge in [-0.15, -0.1) is 11.3 Å². The fourth-order valence-corrected chi connectivity index (χ4v) is 8.23. The Labute approximate surface area is 365 Å². The van der Waals surface area contributed by atoms with Crippen LogP contribution in [0.25, 0.3) is 22.3 Å². The number of hydrogen-bond acceptors (Lipinski definition) is 9. The van der Waals surface area contributed by atoms with Crippen LogP contribution in [0.2, 0.25) is 0 Å². The van der Waals surface area contributed by atoms with Crippen molar-refractivity contribution in [3.8, 4) is 22.3 Å². The topological polar surface area (TPSA) is 148 Å². The molecule has 0 spiro atoms. The van der Waals surface area contributed by atoms with Gasteiger partial charge in [-0.25, -0.2) is 9.59 Å². The van der Waals surface area contributed by atoms with Crippen molar-refractivity contribution in [1.82, 2.24) is 25.4 Å². The smallest absolute Gasteiger partial charge is 0.434 e. The number of hydrazine groups is 1. The van der Waals surface area contributed by atoms with Crippen molar-refractivity contribution in [3.63, 3.8) is 0 Å². The first kappa shape index (κ1) is 43.2. The van der Waals surface area contributed by atoms with Crippen LogP contribution in [0.15, 0.2) is 146 Å². The molecule has 0 saturated carbocycles. The Kier molecular flexibility index (Phi) is 14.7. The molecule has 0 aliphatic carbocycles. The van der Waals surface area contributed by atoms with Gasteiger partial charge in [0.15, 0.2) is 0 Å². The number of nitrogens with zero attached hydrogens (tertiary/aromatic N) is 5. The van der Waals surface area contributed by atoms with Crippen molar-refractivity contribution < 1.29 is 29.0 Å². The second kappa shape index (κ2) is 21.1. The van der Waals surface area contributed by atoms with E-state index in [4.69, 9.17) is 4.74 Å². The van der Waals surface area contributed by atoms with Crippen LogP contribution in [0, 0.1) is 0 Å². The number of benzene rings is 4. The molecule has 0 radical (unpaired) electrons. The SMILES string of the molecule is CN(CCN1CCC(OC(=O)N(c2ccccc2-c2ccccc2)N(C(=O)O)c2ccccc2-c2ccccc2)CC1)C(=O)c1ccc(C(=O)NCCNCc2ccncc2)s1. The fourth-order valence-electron chi connectivity index (χ4n) is 7.31. The van der Waals surface area contributed by atoms with E-state index in [1.54, 1.807) is 60.7 Å². The maximum Gasteiger partial charge on any atom is 0.434 e. The van der Waals surface area contributed by atoms with E-state index < -0.39 is 18.3 Å². The molecule has 1 aliphatic rings. The summed E-state index contributed by atoms with van der Waals surface area (Å²) in [5, 5.41) is 19.2. The van der Waals surface area contributed by atoms with Crippen LogP contribution in [0.3, 0.4) is 0 Å². The second-order valence-corrected chi connectivity index (χ2v) is 15.9. The van der Waals surface area contributed by atoms with E-state index in [0.717, 1.165) is 26.7 Å². The van der Waals surface area contributed by atoms with Gasteiger partial charge in [0.05, 0.1) is 21.1 Å². The van der Waals surface area contributed by atoms with E-state index in [0.29, 0.717) is 90.9 Å². The molecule has 4 amide bonds. The summed E-state index contributed by atoms with van der Waals surface area (Å²) in [6.45, 7) is 4.02. The van der Waals surface area contributed by atoms with E-state index in [9.17, 15) is 24.3 Å². The number of nitrogens with one attached hydrogen (secondary N) is 2. The minimum Gasteiger partial charge on any atom is -0.463 e. The van der Waals surface area contributed by atoms with Gasteiger partial charge in [0.1, 0.15) is 6.10 Å². The number of pyridine rings is 1. The van der Waals surface area contributed by atoms with Crippen molar-refractivity contribution in [2.45, 2.75) is 25.5 Å². The lowest BCUT2D eigenvalue weighted by Crippen LogP contribution is -2.52. The summed E-state index contributed by atoms with van der Waals surface area (Å²) in [7, 11) is 1.75. The Morgan fingerprint density at radius 1 is 0.726 bits per heavy atom. The number of likely N-dealkylation sites (N-methyl/N-ethyl adjacent to an activating group) is 1. The molecule has 2 aromatic heterocycles. The molecule has 0 atom stereocenters. The maximum atomic E-state index is 14.6. The first-order valence-electron chi connectivity index (χ1n) is 20.5. The molecule has 1 saturated heterocycles. The third-order valence-electron chi connectivity index (χ3n) is 10.6. The molecule has 3 heterocycles. The molecule has 1 fully saturated rings.